The van der Waals surface area contributed by atoms with Crippen LogP contribution in [-0.4, -0.2) is 65.5 Å². The molecule has 0 saturated carbocycles. The van der Waals surface area contributed by atoms with Gasteiger partial charge in [-0.05, 0) is 42.9 Å². The molecule has 2 aliphatic heterocycles. The van der Waals surface area contributed by atoms with Crippen LogP contribution in [0.5, 0.6) is 5.75 Å². The minimum atomic E-state index is -0.681. The minimum absolute atomic E-state index is 0.0439. The van der Waals surface area contributed by atoms with E-state index in [4.69, 9.17) is 4.74 Å². The Morgan fingerprint density at radius 2 is 1.82 bits per heavy atom. The number of hydrogen-bond donors (Lipinski definition) is 0. The van der Waals surface area contributed by atoms with E-state index in [1.54, 1.807) is 12.0 Å². The summed E-state index contributed by atoms with van der Waals surface area (Å²) in [4.78, 5) is 32.1. The fraction of sp³-hybridized carbons (Fsp3) is 0.636. The number of likely N-dealkylation sites (tertiary alicyclic amines) is 1. The average molecular weight is 388 g/mol. The molecule has 0 aliphatic carbocycles. The molecule has 0 radical (unpaired) electrons. The van der Waals surface area contributed by atoms with Crippen LogP contribution in [0.2, 0.25) is 0 Å². The molecule has 2 aliphatic rings. The van der Waals surface area contributed by atoms with Gasteiger partial charge >= 0.3 is 6.03 Å². The van der Waals surface area contributed by atoms with Crippen LogP contribution in [0.3, 0.4) is 0 Å². The second-order valence-electron chi connectivity index (χ2n) is 9.14. The van der Waals surface area contributed by atoms with Gasteiger partial charge in [0.1, 0.15) is 11.3 Å². The lowest BCUT2D eigenvalue weighted by atomic mass is 9.84. The standard InChI is InChI=1S/C22H33N3O3/c1-6-25-20(27)24(15-17-8-7-9-18(14-17)28-5)19(26)22(25)10-12-23(13-11-22)16-21(2,3)4/h7-9,14H,6,10-13,15-16H2,1-5H3. The summed E-state index contributed by atoms with van der Waals surface area (Å²) in [5.74, 6) is 0.687. The lowest BCUT2D eigenvalue weighted by Crippen LogP contribution is -2.57. The SMILES string of the molecule is CCN1C(=O)N(Cc2cccc(OC)c2)C(=O)C12CCN(CC(C)(C)C)CC2. The van der Waals surface area contributed by atoms with E-state index in [9.17, 15) is 9.59 Å². The van der Waals surface area contributed by atoms with Gasteiger partial charge in [0.15, 0.2) is 0 Å². The molecule has 6 nitrogen and oxygen atoms in total. The van der Waals surface area contributed by atoms with Crippen molar-refractivity contribution >= 4 is 11.9 Å². The Labute approximate surface area is 168 Å². The largest absolute Gasteiger partial charge is 0.497 e. The van der Waals surface area contributed by atoms with E-state index in [0.717, 1.165) is 30.9 Å². The average Bonchev–Trinajstić information content (AvgIpc) is 2.84. The van der Waals surface area contributed by atoms with Crippen LogP contribution in [-0.2, 0) is 11.3 Å². The van der Waals surface area contributed by atoms with E-state index in [0.29, 0.717) is 25.9 Å². The monoisotopic (exact) mass is 387 g/mol. The maximum Gasteiger partial charge on any atom is 0.327 e. The number of carbonyl (C=O) groups excluding carboxylic acids is 2. The van der Waals surface area contributed by atoms with Crippen molar-refractivity contribution in [1.82, 2.24) is 14.7 Å². The lowest BCUT2D eigenvalue weighted by molar-refractivity contribution is -0.136. The first kappa shape index (κ1) is 20.6. The number of benzene rings is 1. The third-order valence-electron chi connectivity index (χ3n) is 5.79. The quantitative estimate of drug-likeness (QED) is 0.727. The molecule has 2 heterocycles. The van der Waals surface area contributed by atoms with Gasteiger partial charge in [-0.2, -0.15) is 0 Å². The first-order valence-electron chi connectivity index (χ1n) is 10.2. The molecule has 1 spiro atoms. The molecule has 1 aromatic rings. The second kappa shape index (κ2) is 7.74. The Kier molecular flexibility index (Phi) is 5.71. The molecule has 0 N–H and O–H groups in total. The van der Waals surface area contributed by atoms with E-state index in [2.05, 4.69) is 25.7 Å². The molecule has 2 saturated heterocycles. The van der Waals surface area contributed by atoms with Crippen molar-refractivity contribution in [2.75, 3.05) is 33.3 Å². The van der Waals surface area contributed by atoms with Crippen molar-refractivity contribution in [3.05, 3.63) is 29.8 Å². The molecule has 154 valence electrons. The van der Waals surface area contributed by atoms with Crippen LogP contribution >= 0.6 is 0 Å². The van der Waals surface area contributed by atoms with Gasteiger partial charge < -0.3 is 14.5 Å². The van der Waals surface area contributed by atoms with Crippen LogP contribution in [0.25, 0.3) is 0 Å². The number of ether oxygens (including phenoxy) is 1. The zero-order chi connectivity index (χ0) is 20.5. The summed E-state index contributed by atoms with van der Waals surface area (Å²) >= 11 is 0. The van der Waals surface area contributed by atoms with Gasteiger partial charge in [-0.1, -0.05) is 32.9 Å². The lowest BCUT2D eigenvalue weighted by Gasteiger charge is -2.43. The van der Waals surface area contributed by atoms with E-state index < -0.39 is 5.54 Å². The number of nitrogens with zero attached hydrogens (tertiary/aromatic N) is 3. The highest BCUT2D eigenvalue weighted by molar-refractivity contribution is 6.07. The molecule has 3 amide bonds. The number of piperidine rings is 1. The van der Waals surface area contributed by atoms with Crippen LogP contribution in [0, 0.1) is 5.41 Å². The van der Waals surface area contributed by atoms with Crippen molar-refractivity contribution in [1.29, 1.82) is 0 Å². The molecule has 0 atom stereocenters. The molecule has 3 rings (SSSR count). The Morgan fingerprint density at radius 1 is 1.14 bits per heavy atom. The maximum atomic E-state index is 13.4. The molecule has 0 aromatic heterocycles. The van der Waals surface area contributed by atoms with E-state index in [1.165, 1.54) is 4.90 Å². The highest BCUT2D eigenvalue weighted by atomic mass is 16.5. The number of hydrogen-bond acceptors (Lipinski definition) is 4. The van der Waals surface area contributed by atoms with Gasteiger partial charge in [0.05, 0.1) is 13.7 Å². The van der Waals surface area contributed by atoms with Gasteiger partial charge in [-0.3, -0.25) is 9.69 Å². The smallest absolute Gasteiger partial charge is 0.327 e. The molecule has 2 fully saturated rings. The summed E-state index contributed by atoms with van der Waals surface area (Å²) in [5.41, 5.74) is 0.446. The highest BCUT2D eigenvalue weighted by Crippen LogP contribution is 2.38. The predicted octanol–water partition coefficient (Wildman–Crippen LogP) is 3.36. The van der Waals surface area contributed by atoms with E-state index in [1.807, 2.05) is 31.2 Å². The number of rotatable bonds is 5. The van der Waals surface area contributed by atoms with Crippen molar-refractivity contribution in [3.8, 4) is 5.75 Å². The Bertz CT molecular complexity index is 733. The molecule has 28 heavy (non-hydrogen) atoms. The second-order valence-corrected chi connectivity index (χ2v) is 9.14. The fourth-order valence-electron chi connectivity index (χ4n) is 4.55. The van der Waals surface area contributed by atoms with E-state index >= 15 is 0 Å². The summed E-state index contributed by atoms with van der Waals surface area (Å²) in [7, 11) is 1.62. The van der Waals surface area contributed by atoms with Crippen molar-refractivity contribution < 1.29 is 14.3 Å². The van der Waals surface area contributed by atoms with Crippen molar-refractivity contribution in [2.24, 2.45) is 5.41 Å². The van der Waals surface area contributed by atoms with Gasteiger partial charge in [0, 0.05) is 26.2 Å². The number of methoxy groups -OCH3 is 1. The number of amides is 3. The number of urea groups is 1. The van der Waals surface area contributed by atoms with Crippen LogP contribution in [0.15, 0.2) is 24.3 Å². The van der Waals surface area contributed by atoms with Gasteiger partial charge in [0.2, 0.25) is 0 Å². The normalized spacial score (nSPS) is 20.3. The minimum Gasteiger partial charge on any atom is -0.497 e. The first-order valence-corrected chi connectivity index (χ1v) is 10.2. The Balaban J connectivity index is 1.78. The van der Waals surface area contributed by atoms with Crippen LogP contribution in [0.4, 0.5) is 4.79 Å². The number of imide groups is 1. The summed E-state index contributed by atoms with van der Waals surface area (Å²) in [6, 6.07) is 7.39. The molecular weight excluding hydrogens is 354 g/mol. The van der Waals surface area contributed by atoms with Crippen molar-refractivity contribution in [2.45, 2.75) is 52.6 Å². The molecule has 6 heteroatoms. The summed E-state index contributed by atoms with van der Waals surface area (Å²) in [6.45, 7) is 12.2. The Morgan fingerprint density at radius 3 is 2.39 bits per heavy atom. The maximum absolute atomic E-state index is 13.4. The third kappa shape index (κ3) is 3.88. The van der Waals surface area contributed by atoms with Gasteiger partial charge in [-0.25, -0.2) is 4.79 Å². The zero-order valence-electron chi connectivity index (χ0n) is 17.8. The van der Waals surface area contributed by atoms with E-state index in [-0.39, 0.29) is 17.4 Å². The number of carbonyl (C=O) groups is 2. The fourth-order valence-corrected chi connectivity index (χ4v) is 4.55. The summed E-state index contributed by atoms with van der Waals surface area (Å²) in [5, 5.41) is 0. The molecular formula is C22H33N3O3. The highest BCUT2D eigenvalue weighted by Gasteiger charge is 2.57. The number of likely N-dealkylation sites (N-methyl/N-ethyl adjacent to an activating group) is 1. The molecule has 1 aromatic carbocycles. The van der Waals surface area contributed by atoms with Crippen LogP contribution in [0.1, 0.15) is 46.1 Å². The van der Waals surface area contributed by atoms with Gasteiger partial charge in [0.25, 0.3) is 5.91 Å². The Hall–Kier alpha value is -2.08. The zero-order valence-corrected chi connectivity index (χ0v) is 17.8. The third-order valence-corrected chi connectivity index (χ3v) is 5.79. The van der Waals surface area contributed by atoms with Crippen LogP contribution < -0.4 is 4.74 Å². The molecule has 0 unspecified atom stereocenters. The van der Waals surface area contributed by atoms with Crippen molar-refractivity contribution in [3.63, 3.8) is 0 Å². The molecule has 0 bridgehead atoms. The summed E-state index contributed by atoms with van der Waals surface area (Å²) < 4.78 is 5.27. The predicted molar refractivity (Wildman–Crippen MR) is 109 cm³/mol. The topological polar surface area (TPSA) is 53.1 Å². The van der Waals surface area contributed by atoms with Gasteiger partial charge in [-0.15, -0.1) is 0 Å². The first-order chi connectivity index (χ1) is 13.2. The summed E-state index contributed by atoms with van der Waals surface area (Å²) in [6.07, 6.45) is 1.41.